The van der Waals surface area contributed by atoms with Gasteiger partial charge in [0.25, 0.3) is 5.91 Å². The Labute approximate surface area is 521 Å². The molecule has 28 heteroatoms. The van der Waals surface area contributed by atoms with E-state index >= 15 is 0 Å². The van der Waals surface area contributed by atoms with Crippen LogP contribution in [0.15, 0.2) is 65.9 Å². The number of aryl methyl sites for hydroxylation is 2. The van der Waals surface area contributed by atoms with Crippen LogP contribution in [0.25, 0.3) is 0 Å². The van der Waals surface area contributed by atoms with Gasteiger partial charge in [0, 0.05) is 38.1 Å². The first-order valence-electron chi connectivity index (χ1n) is 27.2. The minimum Gasteiger partial charge on any atom is -0.489 e. The first-order valence-corrected chi connectivity index (χ1v) is 31.6. The van der Waals surface area contributed by atoms with Crippen LogP contribution in [0.3, 0.4) is 0 Å². The number of allylic oxidation sites excluding steroid dienone is 1. The number of ether oxygens (including phenoxy) is 4. The number of imide groups is 1. The lowest BCUT2D eigenvalue weighted by Crippen LogP contribution is -2.47. The zero-order valence-electron chi connectivity index (χ0n) is 49.8. The van der Waals surface area contributed by atoms with Gasteiger partial charge in [-0.1, -0.05) is 72.1 Å². The maximum atomic E-state index is 14.3. The van der Waals surface area contributed by atoms with Crippen LogP contribution >= 0.6 is 65.4 Å². The molecule has 470 valence electrons. The Morgan fingerprint density at radius 1 is 1.00 bits per heavy atom. The number of hydrogen-bond donors (Lipinski definition) is 5. The molecule has 0 spiro atoms. The number of benzene rings is 3. The lowest BCUT2D eigenvalue weighted by molar-refractivity contribution is -0.138. The van der Waals surface area contributed by atoms with Crippen LogP contribution in [-0.2, 0) is 39.6 Å². The van der Waals surface area contributed by atoms with E-state index in [2.05, 4.69) is 38.6 Å². The summed E-state index contributed by atoms with van der Waals surface area (Å²) in [5.41, 5.74) is 9.23. The maximum Gasteiger partial charge on any atom is 0.427 e. The number of anilines is 5. The first-order chi connectivity index (χ1) is 39.8. The average molecular weight is 1310 g/mol. The Morgan fingerprint density at radius 2 is 1.64 bits per heavy atom. The second-order valence-electron chi connectivity index (χ2n) is 21.0. The van der Waals surface area contributed by atoms with Gasteiger partial charge in [-0.2, -0.15) is 15.0 Å². The Morgan fingerprint density at radius 3 is 2.18 bits per heavy atom. The van der Waals surface area contributed by atoms with Gasteiger partial charge in [-0.05, 0) is 147 Å². The number of aromatic nitrogens is 3. The van der Waals surface area contributed by atoms with Crippen molar-refractivity contribution in [1.29, 1.82) is 0 Å². The molecule has 1 saturated heterocycles. The number of cyclic esters (lactones) is 1. The summed E-state index contributed by atoms with van der Waals surface area (Å²) in [7, 11) is -1.47. The maximum absolute atomic E-state index is 14.3. The van der Waals surface area contributed by atoms with Gasteiger partial charge in [0.15, 0.2) is 18.0 Å². The molecule has 21 nitrogen and oxygen atoms in total. The van der Waals surface area contributed by atoms with Gasteiger partial charge < -0.3 is 55.1 Å². The standard InChI is InChI=1S/C17H17ClFNO4.C15H22ClNO2.C11H11Cl2NO2.C9H16ClN5.C5H12NO4P/c1-9(2)15-16(21)20(17(22)24-15)13-8-14(11(18)7-12(13)19)23-10-5-3-4-6-10;1-5-13-8-6-7-11(2)15(13)17(14(18)9-16)12(3)10-19-4;1-7-6-16-9-5-3-2-4-8(9)14(7)11(15)10(12)13;1-5-11-7-12-6(10)13-8(14-7)15-9(2,3)4;1-11(9,10)3-2-4(6)5(7)8/h7-8,10H,3-6H2,1-2H3;6-8,12H,5,9-10H2,1-4H3;2-5,7,10H,6H2,1H3;5H2,1-4H3,(H2,11,12,13,14,15);4H,2-3,6H2,1H3,(H,7,8)(H,9,10). The van der Waals surface area contributed by atoms with Crippen molar-refractivity contribution < 1.29 is 61.9 Å². The number of halogens is 6. The van der Waals surface area contributed by atoms with E-state index in [0.29, 0.717) is 41.3 Å². The molecule has 1 saturated carbocycles. The molecule has 2 aliphatic heterocycles. The van der Waals surface area contributed by atoms with Crippen LogP contribution in [-0.4, -0.2) is 135 Å². The Kier molecular flexibility index (Phi) is 30.1. The summed E-state index contributed by atoms with van der Waals surface area (Å²) in [5.74, 6) is -1.23. The lowest BCUT2D eigenvalue weighted by atomic mass is 10.0. The van der Waals surface area contributed by atoms with Crippen LogP contribution in [0.1, 0.15) is 106 Å². The number of hydrogen-bond acceptors (Lipinski definition) is 16. The highest BCUT2D eigenvalue weighted by atomic mass is 35.5. The molecule has 85 heavy (non-hydrogen) atoms. The number of amides is 4. The molecule has 6 N–H and O–H groups in total. The fourth-order valence-corrected chi connectivity index (χ4v) is 9.84. The van der Waals surface area contributed by atoms with Crippen molar-refractivity contribution in [3.8, 4) is 11.5 Å². The van der Waals surface area contributed by atoms with Crippen LogP contribution < -0.4 is 40.5 Å². The highest BCUT2D eigenvalue weighted by molar-refractivity contribution is 7.57. The topological polar surface area (TPSA) is 278 Å². The zero-order valence-corrected chi connectivity index (χ0v) is 54.5. The summed E-state index contributed by atoms with van der Waals surface area (Å²) < 4.78 is 46.4. The van der Waals surface area contributed by atoms with Crippen molar-refractivity contribution in [3.05, 3.63) is 93.2 Å². The number of rotatable bonds is 17. The van der Waals surface area contributed by atoms with Crippen LogP contribution in [0.4, 0.5) is 38.1 Å². The predicted molar refractivity (Wildman–Crippen MR) is 334 cm³/mol. The largest absolute Gasteiger partial charge is 0.489 e. The molecule has 3 aromatic carbocycles. The second kappa shape index (κ2) is 34.7. The van der Waals surface area contributed by atoms with E-state index < -0.39 is 42.0 Å². The molecule has 4 aromatic rings. The number of carbonyl (C=O) groups is 5. The van der Waals surface area contributed by atoms with Crippen molar-refractivity contribution >= 4 is 124 Å². The number of nitrogens with two attached hydrogens (primary N) is 1. The molecule has 3 aliphatic rings. The van der Waals surface area contributed by atoms with E-state index in [1.165, 1.54) is 12.7 Å². The molecule has 0 radical (unpaired) electrons. The summed E-state index contributed by atoms with van der Waals surface area (Å²) in [6.45, 7) is 22.1. The average Bonchev–Trinajstić information content (AvgIpc) is 2.38. The smallest absolute Gasteiger partial charge is 0.427 e. The number of carboxylic acid groups (broad SMARTS) is 1. The van der Waals surface area contributed by atoms with Crippen molar-refractivity contribution in [1.82, 2.24) is 15.0 Å². The number of nitrogens with zero attached hydrogens (tertiary/aromatic N) is 6. The number of carbonyl (C=O) groups excluding carboxylic acids is 4. The quantitative estimate of drug-likeness (QED) is 0.0373. The molecule has 4 atom stereocenters. The zero-order chi connectivity index (χ0) is 64.1. The normalized spacial score (nSPS) is 16.0. The second-order valence-corrected chi connectivity index (χ2v) is 25.7. The summed E-state index contributed by atoms with van der Waals surface area (Å²) in [5, 5.41) is 14.7. The molecule has 3 heterocycles. The minimum atomic E-state index is -3.10. The summed E-state index contributed by atoms with van der Waals surface area (Å²) in [6, 6.07) is 14.6. The number of para-hydroxylation sites is 3. The predicted octanol–water partition coefficient (Wildman–Crippen LogP) is 12.2. The highest BCUT2D eigenvalue weighted by Crippen LogP contribution is 2.39. The lowest BCUT2D eigenvalue weighted by Gasteiger charge is -2.35. The molecule has 2 fully saturated rings. The fraction of sp³-hybridized carbons (Fsp3) is 0.509. The van der Waals surface area contributed by atoms with Crippen LogP contribution in [0.2, 0.25) is 10.3 Å². The Hall–Kier alpha value is -5.55. The molecular weight excluding hydrogens is 1230 g/mol. The van der Waals surface area contributed by atoms with Crippen molar-refractivity contribution in [3.63, 3.8) is 0 Å². The Balaban J connectivity index is 0.000000285. The van der Waals surface area contributed by atoms with Crippen molar-refractivity contribution in [2.45, 2.75) is 142 Å². The van der Waals surface area contributed by atoms with Crippen LogP contribution in [0.5, 0.6) is 11.5 Å². The van der Waals surface area contributed by atoms with Gasteiger partial charge in [0.1, 0.15) is 35.8 Å². The van der Waals surface area contributed by atoms with Gasteiger partial charge in [0.2, 0.25) is 23.1 Å². The molecular formula is C57H78Cl5FN9O12P. The monoisotopic (exact) mass is 1310 g/mol. The van der Waals surface area contributed by atoms with E-state index in [9.17, 15) is 32.9 Å². The van der Waals surface area contributed by atoms with Gasteiger partial charge in [-0.15, -0.1) is 11.6 Å². The minimum absolute atomic E-state index is 0.00962. The number of aliphatic carboxylic acids is 1. The molecule has 7 rings (SSSR count). The number of nitrogens with one attached hydrogen (secondary N) is 2. The van der Waals surface area contributed by atoms with Gasteiger partial charge in [-0.3, -0.25) is 23.7 Å². The molecule has 4 amide bonds. The number of alkyl halides is 3. The Bertz CT molecular complexity index is 3000. The third kappa shape index (κ3) is 23.2. The van der Waals surface area contributed by atoms with Crippen LogP contribution in [0, 0.1) is 12.7 Å². The summed E-state index contributed by atoms with van der Waals surface area (Å²) in [4.78, 5) is 82.4. The highest BCUT2D eigenvalue weighted by Gasteiger charge is 2.41. The van der Waals surface area contributed by atoms with Crippen molar-refractivity contribution in [2.24, 2.45) is 5.73 Å². The molecule has 0 bridgehead atoms. The van der Waals surface area contributed by atoms with Crippen molar-refractivity contribution in [2.75, 3.05) is 70.9 Å². The van der Waals surface area contributed by atoms with E-state index in [1.807, 2.05) is 84.9 Å². The number of fused-ring (bicyclic) bond motifs is 1. The third-order valence-electron chi connectivity index (χ3n) is 12.3. The van der Waals surface area contributed by atoms with Gasteiger partial charge in [-0.25, -0.2) is 14.1 Å². The number of carboxylic acids is 1. The van der Waals surface area contributed by atoms with E-state index in [4.69, 9.17) is 92.7 Å². The molecule has 1 aromatic heterocycles. The molecule has 1 aliphatic carbocycles. The first kappa shape index (κ1) is 73.7. The van der Waals surface area contributed by atoms with E-state index in [-0.39, 0.29) is 81.5 Å². The van der Waals surface area contributed by atoms with Gasteiger partial charge in [0.05, 0.1) is 46.9 Å². The SMILES string of the molecule is CC(C)=C1OC(=O)N(c2cc(OC3CCCC3)c(Cl)cc2F)C1=O.CC1COc2ccccc2N1C(=O)C(Cl)Cl.CCNc1nc(Cl)nc(NC(C)(C)C)n1.CCc1cccc(C)c1N(C(=O)CCl)C(C)COC.CP(=O)(O)CCC(N)C(=O)O. The summed E-state index contributed by atoms with van der Waals surface area (Å²) >= 11 is 28.8. The van der Waals surface area contributed by atoms with E-state index in [1.54, 1.807) is 30.8 Å². The fourth-order valence-electron chi connectivity index (χ4n) is 8.39. The number of methoxy groups -OCH3 is 1. The molecule has 4 unspecified atom stereocenters. The van der Waals surface area contributed by atoms with E-state index in [0.717, 1.165) is 67.2 Å². The van der Waals surface area contributed by atoms with Gasteiger partial charge >= 0.3 is 18.0 Å². The third-order valence-corrected chi connectivity index (χ3v) is 14.5. The summed E-state index contributed by atoms with van der Waals surface area (Å²) in [6.07, 6.45) is 3.88.